The molecule has 0 fully saturated rings. The van der Waals surface area contributed by atoms with Crippen LogP contribution in [0.4, 0.5) is 0 Å². The number of halogens is 1. The second-order valence-electron chi connectivity index (χ2n) is 7.91. The van der Waals surface area contributed by atoms with Crippen molar-refractivity contribution in [2.75, 3.05) is 13.2 Å². The first-order valence-electron chi connectivity index (χ1n) is 10.9. The number of hydrogen-bond donors (Lipinski definition) is 1. The van der Waals surface area contributed by atoms with Gasteiger partial charge < -0.3 is 15.0 Å². The van der Waals surface area contributed by atoms with Gasteiger partial charge in [0, 0.05) is 18.1 Å². The minimum atomic E-state index is -0.649. The Kier molecular flexibility index (Phi) is 9.86. The highest BCUT2D eigenvalue weighted by Crippen LogP contribution is 2.26. The highest BCUT2D eigenvalue weighted by atomic mass is 35.5. The summed E-state index contributed by atoms with van der Waals surface area (Å²) in [6, 6.07) is 14.4. The molecule has 0 aliphatic heterocycles. The predicted octanol–water partition coefficient (Wildman–Crippen LogP) is 5.18. The molecule has 0 unspecified atom stereocenters. The summed E-state index contributed by atoms with van der Waals surface area (Å²) in [7, 11) is 0. The number of carbonyl (C=O) groups is 2. The van der Waals surface area contributed by atoms with Crippen molar-refractivity contribution in [2.24, 2.45) is 0 Å². The van der Waals surface area contributed by atoms with Crippen LogP contribution in [-0.4, -0.2) is 35.9 Å². The smallest absolute Gasteiger partial charge is 0.261 e. The molecule has 0 bridgehead atoms. The van der Waals surface area contributed by atoms with E-state index in [0.717, 1.165) is 24.0 Å². The maximum absolute atomic E-state index is 13.2. The van der Waals surface area contributed by atoms with Gasteiger partial charge in [0.2, 0.25) is 5.91 Å². The number of carbonyl (C=O) groups excluding carboxylic acids is 2. The quantitative estimate of drug-likeness (QED) is 0.486. The van der Waals surface area contributed by atoms with Gasteiger partial charge in [0.15, 0.2) is 6.61 Å². The molecule has 31 heavy (non-hydrogen) atoms. The van der Waals surface area contributed by atoms with Gasteiger partial charge in [0.1, 0.15) is 11.8 Å². The molecule has 2 aromatic rings. The molecule has 6 heteroatoms. The van der Waals surface area contributed by atoms with Crippen LogP contribution < -0.4 is 10.1 Å². The van der Waals surface area contributed by atoms with E-state index in [0.29, 0.717) is 17.3 Å². The minimum Gasteiger partial charge on any atom is -0.483 e. The molecule has 0 aliphatic carbocycles. The van der Waals surface area contributed by atoms with Crippen molar-refractivity contribution in [3.05, 3.63) is 64.7 Å². The maximum Gasteiger partial charge on any atom is 0.261 e. The lowest BCUT2D eigenvalue weighted by molar-refractivity contribution is -0.142. The van der Waals surface area contributed by atoms with E-state index >= 15 is 0 Å². The van der Waals surface area contributed by atoms with Gasteiger partial charge >= 0.3 is 0 Å². The molecule has 0 heterocycles. The Morgan fingerprint density at radius 2 is 1.74 bits per heavy atom. The van der Waals surface area contributed by atoms with Gasteiger partial charge in [-0.2, -0.15) is 0 Å². The zero-order valence-electron chi connectivity index (χ0n) is 18.9. The largest absolute Gasteiger partial charge is 0.483 e. The van der Waals surface area contributed by atoms with E-state index in [-0.39, 0.29) is 30.9 Å². The molecule has 1 atom stereocenters. The molecule has 2 amide bonds. The Labute approximate surface area is 190 Å². The van der Waals surface area contributed by atoms with Gasteiger partial charge in [-0.1, -0.05) is 75.2 Å². The van der Waals surface area contributed by atoms with E-state index in [1.54, 1.807) is 13.0 Å². The number of nitrogens with zero attached hydrogens (tertiary/aromatic N) is 1. The van der Waals surface area contributed by atoms with E-state index in [2.05, 4.69) is 26.1 Å². The summed E-state index contributed by atoms with van der Waals surface area (Å²) < 4.78 is 5.88. The summed E-state index contributed by atoms with van der Waals surface area (Å²) in [5, 5.41) is 3.47. The van der Waals surface area contributed by atoms with Gasteiger partial charge in [-0.15, -0.1) is 0 Å². The minimum absolute atomic E-state index is 0.152. The number of ether oxygens (including phenoxy) is 1. The second kappa shape index (κ2) is 12.4. The van der Waals surface area contributed by atoms with Crippen LogP contribution in [0.25, 0.3) is 0 Å². The van der Waals surface area contributed by atoms with Crippen LogP contribution in [0.1, 0.15) is 57.6 Å². The van der Waals surface area contributed by atoms with Crippen molar-refractivity contribution >= 4 is 23.4 Å². The number of hydrogen-bond acceptors (Lipinski definition) is 3. The second-order valence-corrected chi connectivity index (χ2v) is 8.32. The summed E-state index contributed by atoms with van der Waals surface area (Å²) in [5.74, 6) is 0.505. The Hall–Kier alpha value is -2.53. The summed E-state index contributed by atoms with van der Waals surface area (Å²) in [6.07, 6.45) is 1.88. The fourth-order valence-electron chi connectivity index (χ4n) is 3.24. The lowest BCUT2D eigenvalue weighted by Gasteiger charge is -2.29. The number of rotatable bonds is 11. The van der Waals surface area contributed by atoms with Gasteiger partial charge in [-0.25, -0.2) is 0 Å². The first-order valence-corrected chi connectivity index (χ1v) is 11.2. The molecule has 0 saturated heterocycles. The molecule has 0 aromatic heterocycles. The topological polar surface area (TPSA) is 58.6 Å². The summed E-state index contributed by atoms with van der Waals surface area (Å²) in [6.45, 7) is 8.63. The van der Waals surface area contributed by atoms with Crippen molar-refractivity contribution < 1.29 is 14.3 Å². The molecule has 0 radical (unpaired) electrons. The highest BCUT2D eigenvalue weighted by Gasteiger charge is 2.27. The fourth-order valence-corrected chi connectivity index (χ4v) is 3.44. The van der Waals surface area contributed by atoms with Crippen molar-refractivity contribution in [2.45, 2.75) is 59.0 Å². The third-order valence-corrected chi connectivity index (χ3v) is 5.56. The van der Waals surface area contributed by atoms with Gasteiger partial charge in [0.05, 0.1) is 0 Å². The number of unbranched alkanes of at least 4 members (excludes halogenated alkanes) is 1. The average Bonchev–Trinajstić information content (AvgIpc) is 2.76. The Bertz CT molecular complexity index is 869. The number of para-hydroxylation sites is 1. The standard InChI is InChI=1S/C25H33ClN2O3/c1-5-6-15-27-25(30)19(4)28(16-20-11-7-9-13-22(20)26)24(29)17-31-23-14-10-8-12-21(23)18(2)3/h7-14,18-19H,5-6,15-17H2,1-4H3,(H,27,30)/t19-/m1/s1. The third-order valence-electron chi connectivity index (χ3n) is 5.19. The zero-order valence-corrected chi connectivity index (χ0v) is 19.6. The number of benzene rings is 2. The first-order chi connectivity index (χ1) is 14.8. The lowest BCUT2D eigenvalue weighted by Crippen LogP contribution is -2.49. The molecule has 2 rings (SSSR count). The van der Waals surface area contributed by atoms with E-state index in [9.17, 15) is 9.59 Å². The Morgan fingerprint density at radius 1 is 1.06 bits per heavy atom. The molecule has 5 nitrogen and oxygen atoms in total. The molecular formula is C25H33ClN2O3. The van der Waals surface area contributed by atoms with Crippen LogP contribution in [0.5, 0.6) is 5.75 Å². The van der Waals surface area contributed by atoms with Crippen LogP contribution in [-0.2, 0) is 16.1 Å². The van der Waals surface area contributed by atoms with E-state index in [1.165, 1.54) is 4.90 Å². The molecular weight excluding hydrogens is 412 g/mol. The summed E-state index contributed by atoms with van der Waals surface area (Å²) in [4.78, 5) is 27.4. The fraction of sp³-hybridized carbons (Fsp3) is 0.440. The predicted molar refractivity (Wildman–Crippen MR) is 125 cm³/mol. The van der Waals surface area contributed by atoms with Gasteiger partial charge in [-0.05, 0) is 42.5 Å². The van der Waals surface area contributed by atoms with Crippen LogP contribution in [0.15, 0.2) is 48.5 Å². The van der Waals surface area contributed by atoms with Crippen LogP contribution >= 0.6 is 11.6 Å². The number of nitrogens with one attached hydrogen (secondary N) is 1. The van der Waals surface area contributed by atoms with Crippen LogP contribution in [0.2, 0.25) is 5.02 Å². The highest BCUT2D eigenvalue weighted by molar-refractivity contribution is 6.31. The SMILES string of the molecule is CCCCNC(=O)[C@@H](C)N(Cc1ccccc1Cl)C(=O)COc1ccccc1C(C)C. The summed E-state index contributed by atoms with van der Waals surface area (Å²) in [5.41, 5.74) is 1.83. The average molecular weight is 445 g/mol. The van der Waals surface area contributed by atoms with Gasteiger partial charge in [-0.3, -0.25) is 9.59 Å². The van der Waals surface area contributed by atoms with Crippen LogP contribution in [0, 0.1) is 0 Å². The van der Waals surface area contributed by atoms with E-state index < -0.39 is 6.04 Å². The van der Waals surface area contributed by atoms with Crippen molar-refractivity contribution in [1.82, 2.24) is 10.2 Å². The molecule has 2 aromatic carbocycles. The molecule has 0 aliphatic rings. The van der Waals surface area contributed by atoms with Crippen molar-refractivity contribution in [3.8, 4) is 5.75 Å². The first kappa shape index (κ1) is 24.7. The monoisotopic (exact) mass is 444 g/mol. The molecule has 168 valence electrons. The Morgan fingerprint density at radius 3 is 2.42 bits per heavy atom. The molecule has 1 N–H and O–H groups in total. The number of amides is 2. The molecule has 0 spiro atoms. The summed E-state index contributed by atoms with van der Waals surface area (Å²) >= 11 is 6.32. The van der Waals surface area contributed by atoms with Crippen molar-refractivity contribution in [3.63, 3.8) is 0 Å². The van der Waals surface area contributed by atoms with Crippen LogP contribution in [0.3, 0.4) is 0 Å². The zero-order chi connectivity index (χ0) is 22.8. The lowest BCUT2D eigenvalue weighted by atomic mass is 10.0. The van der Waals surface area contributed by atoms with Crippen molar-refractivity contribution in [1.29, 1.82) is 0 Å². The normalized spacial score (nSPS) is 11.8. The van der Waals surface area contributed by atoms with E-state index in [1.807, 2.05) is 42.5 Å². The maximum atomic E-state index is 13.2. The van der Waals surface area contributed by atoms with Gasteiger partial charge in [0.25, 0.3) is 5.91 Å². The Balaban J connectivity index is 2.17. The molecule has 0 saturated carbocycles. The third kappa shape index (κ3) is 7.28. The van der Waals surface area contributed by atoms with E-state index in [4.69, 9.17) is 16.3 Å².